The number of hydrogen-bond donors (Lipinski definition) is 0. The lowest BCUT2D eigenvalue weighted by Crippen LogP contribution is -2.32. The van der Waals surface area contributed by atoms with E-state index in [0.717, 1.165) is 45.0 Å². The molecule has 0 aromatic heterocycles. The summed E-state index contributed by atoms with van der Waals surface area (Å²) in [4.78, 5) is 2.44. The molecule has 1 aliphatic rings. The van der Waals surface area contributed by atoms with Gasteiger partial charge in [-0.1, -0.05) is 47.8 Å². The first-order valence-corrected chi connectivity index (χ1v) is 12.2. The van der Waals surface area contributed by atoms with Crippen LogP contribution in [0.15, 0.2) is 45.3 Å². The number of alkyl halides is 1. The van der Waals surface area contributed by atoms with Crippen LogP contribution in [0.3, 0.4) is 0 Å². The predicted octanol–water partition coefficient (Wildman–Crippen LogP) is 6.09. The zero-order chi connectivity index (χ0) is 19.6. The van der Waals surface area contributed by atoms with Crippen LogP contribution in [0.25, 0.3) is 0 Å². The Bertz CT molecular complexity index is 853. The van der Waals surface area contributed by atoms with E-state index < -0.39 is 0 Å². The van der Waals surface area contributed by atoms with E-state index >= 15 is 0 Å². The Hall–Kier alpha value is -0.830. The summed E-state index contributed by atoms with van der Waals surface area (Å²) in [5.74, 6) is 2.44. The topological polar surface area (TPSA) is 50.8 Å². The third-order valence-electron chi connectivity index (χ3n) is 3.99. The highest BCUT2D eigenvalue weighted by Gasteiger charge is 2.12. The van der Waals surface area contributed by atoms with Gasteiger partial charge in [-0.05, 0) is 47.5 Å². The Labute approximate surface area is 190 Å². The Morgan fingerprint density at radius 1 is 0.889 bits per heavy atom. The van der Waals surface area contributed by atoms with Crippen LogP contribution in [-0.4, -0.2) is 29.5 Å². The van der Waals surface area contributed by atoms with Crippen molar-refractivity contribution in [3.8, 4) is 12.1 Å². The molecule has 1 fully saturated rings. The van der Waals surface area contributed by atoms with Gasteiger partial charge in [-0.2, -0.15) is 22.3 Å². The standard InChI is InChI=1S/C12H13BrN2S.C8H5Br2N/c13-12-2-1-10(8-14)7-11(12)9-15-3-5-16-6-4-15;9-4-7-3-6(5-11)1-2-8(7)10/h1-2,7H,3-6,9H2;1-3H,4H2. The van der Waals surface area contributed by atoms with Gasteiger partial charge in [0, 0.05) is 45.4 Å². The maximum absolute atomic E-state index is 8.88. The maximum Gasteiger partial charge on any atom is 0.0991 e. The van der Waals surface area contributed by atoms with E-state index in [-0.39, 0.29) is 0 Å². The van der Waals surface area contributed by atoms with Crippen molar-refractivity contribution in [3.63, 3.8) is 0 Å². The SMILES string of the molecule is N#Cc1ccc(Br)c(CBr)c1.N#Cc1ccc(Br)c(CN2CCSCC2)c1. The molecule has 3 rings (SSSR count). The average molecular weight is 572 g/mol. The number of rotatable bonds is 3. The van der Waals surface area contributed by atoms with Crippen LogP contribution in [-0.2, 0) is 11.9 Å². The van der Waals surface area contributed by atoms with Crippen molar-refractivity contribution in [2.75, 3.05) is 24.6 Å². The van der Waals surface area contributed by atoms with Crippen LogP contribution in [0.4, 0.5) is 0 Å². The van der Waals surface area contributed by atoms with Gasteiger partial charge in [0.2, 0.25) is 0 Å². The molecule has 0 N–H and O–H groups in total. The summed E-state index contributed by atoms with van der Waals surface area (Å²) in [5.41, 5.74) is 3.75. The number of nitriles is 2. The van der Waals surface area contributed by atoms with E-state index in [1.807, 2.05) is 42.1 Å². The molecule has 0 aliphatic carbocycles. The molecule has 27 heavy (non-hydrogen) atoms. The van der Waals surface area contributed by atoms with Gasteiger partial charge in [0.15, 0.2) is 0 Å². The normalized spacial score (nSPS) is 13.8. The minimum absolute atomic E-state index is 0.697. The van der Waals surface area contributed by atoms with Gasteiger partial charge in [-0.25, -0.2) is 0 Å². The van der Waals surface area contributed by atoms with Gasteiger partial charge in [0.05, 0.1) is 23.3 Å². The van der Waals surface area contributed by atoms with Gasteiger partial charge in [-0.15, -0.1) is 0 Å². The zero-order valence-electron chi connectivity index (χ0n) is 14.6. The van der Waals surface area contributed by atoms with Crippen LogP contribution in [0, 0.1) is 22.7 Å². The Kier molecular flexibility index (Phi) is 9.89. The van der Waals surface area contributed by atoms with Gasteiger partial charge in [0.25, 0.3) is 0 Å². The monoisotopic (exact) mass is 569 g/mol. The van der Waals surface area contributed by atoms with E-state index in [0.29, 0.717) is 5.56 Å². The summed E-state index contributed by atoms with van der Waals surface area (Å²) < 4.78 is 2.14. The van der Waals surface area contributed by atoms with E-state index in [9.17, 15) is 0 Å². The summed E-state index contributed by atoms with van der Waals surface area (Å²) in [6.45, 7) is 3.23. The molecule has 2 aromatic rings. The fraction of sp³-hybridized carbons (Fsp3) is 0.300. The molecular formula is C20H18Br3N3S. The molecule has 0 atom stereocenters. The first-order valence-electron chi connectivity index (χ1n) is 8.30. The maximum atomic E-state index is 8.88. The van der Waals surface area contributed by atoms with Crippen molar-refractivity contribution in [3.05, 3.63) is 67.6 Å². The van der Waals surface area contributed by atoms with Crippen LogP contribution < -0.4 is 0 Å². The van der Waals surface area contributed by atoms with Crippen molar-refractivity contribution < 1.29 is 0 Å². The largest absolute Gasteiger partial charge is 0.297 e. The minimum atomic E-state index is 0.697. The number of halogens is 3. The van der Waals surface area contributed by atoms with E-state index in [1.54, 1.807) is 6.07 Å². The summed E-state index contributed by atoms with van der Waals surface area (Å²) in [7, 11) is 0. The fourth-order valence-electron chi connectivity index (χ4n) is 2.51. The summed E-state index contributed by atoms with van der Waals surface area (Å²) in [6.07, 6.45) is 0. The molecule has 3 nitrogen and oxygen atoms in total. The third kappa shape index (κ3) is 7.25. The Balaban J connectivity index is 0.000000208. The second-order valence-corrected chi connectivity index (χ2v) is 9.35. The quantitative estimate of drug-likeness (QED) is 0.419. The van der Waals surface area contributed by atoms with Crippen molar-refractivity contribution in [1.29, 1.82) is 10.5 Å². The van der Waals surface area contributed by atoms with Crippen LogP contribution in [0.5, 0.6) is 0 Å². The van der Waals surface area contributed by atoms with Crippen molar-refractivity contribution in [2.24, 2.45) is 0 Å². The van der Waals surface area contributed by atoms with Gasteiger partial charge in [-0.3, -0.25) is 4.90 Å². The van der Waals surface area contributed by atoms with Crippen LogP contribution >= 0.6 is 59.6 Å². The molecule has 1 aliphatic heterocycles. The van der Waals surface area contributed by atoms with Gasteiger partial charge >= 0.3 is 0 Å². The third-order valence-corrected chi connectivity index (χ3v) is 7.09. The number of thioether (sulfide) groups is 1. The van der Waals surface area contributed by atoms with E-state index in [4.69, 9.17) is 10.5 Å². The first-order chi connectivity index (χ1) is 13.1. The molecule has 0 radical (unpaired) electrons. The smallest absolute Gasteiger partial charge is 0.0991 e. The molecule has 2 aromatic carbocycles. The molecule has 0 spiro atoms. The van der Waals surface area contributed by atoms with Crippen molar-refractivity contribution in [1.82, 2.24) is 4.90 Å². The summed E-state index contributed by atoms with van der Waals surface area (Å²) >= 11 is 12.3. The molecule has 140 valence electrons. The molecule has 0 amide bonds. The van der Waals surface area contributed by atoms with Crippen molar-refractivity contribution in [2.45, 2.75) is 11.9 Å². The fourth-order valence-corrected chi connectivity index (χ4v) is 5.09. The van der Waals surface area contributed by atoms with Gasteiger partial charge in [0.1, 0.15) is 0 Å². The highest BCUT2D eigenvalue weighted by Crippen LogP contribution is 2.22. The molecule has 0 saturated carbocycles. The first kappa shape index (κ1) is 22.5. The van der Waals surface area contributed by atoms with Crippen LogP contribution in [0.2, 0.25) is 0 Å². The predicted molar refractivity (Wildman–Crippen MR) is 123 cm³/mol. The lowest BCUT2D eigenvalue weighted by atomic mass is 10.1. The van der Waals surface area contributed by atoms with E-state index in [1.165, 1.54) is 17.1 Å². The summed E-state index contributed by atoms with van der Waals surface area (Å²) in [6, 6.07) is 15.6. The Morgan fingerprint density at radius 3 is 1.93 bits per heavy atom. The van der Waals surface area contributed by atoms with E-state index in [2.05, 4.69) is 64.8 Å². The average Bonchev–Trinajstić information content (AvgIpc) is 2.71. The van der Waals surface area contributed by atoms with Crippen LogP contribution in [0.1, 0.15) is 22.3 Å². The van der Waals surface area contributed by atoms with Gasteiger partial charge < -0.3 is 0 Å². The number of hydrogen-bond acceptors (Lipinski definition) is 4. The highest BCUT2D eigenvalue weighted by atomic mass is 79.9. The highest BCUT2D eigenvalue weighted by molar-refractivity contribution is 9.11. The molecule has 1 heterocycles. The molecule has 0 unspecified atom stereocenters. The lowest BCUT2D eigenvalue weighted by molar-refractivity contribution is 0.294. The molecular weight excluding hydrogens is 554 g/mol. The molecule has 7 heteroatoms. The minimum Gasteiger partial charge on any atom is -0.297 e. The Morgan fingerprint density at radius 2 is 1.41 bits per heavy atom. The number of nitrogens with zero attached hydrogens (tertiary/aromatic N) is 3. The zero-order valence-corrected chi connectivity index (χ0v) is 20.2. The number of benzene rings is 2. The second kappa shape index (κ2) is 11.9. The molecule has 1 saturated heterocycles. The molecule has 0 bridgehead atoms. The second-order valence-electron chi connectivity index (χ2n) is 5.86. The summed E-state index contributed by atoms with van der Waals surface area (Å²) in [5, 5.41) is 18.2. The van der Waals surface area contributed by atoms with Crippen molar-refractivity contribution >= 4 is 59.6 Å². The lowest BCUT2D eigenvalue weighted by Gasteiger charge is -2.26.